The van der Waals surface area contributed by atoms with Gasteiger partial charge in [-0.15, -0.1) is 0 Å². The van der Waals surface area contributed by atoms with Gasteiger partial charge in [-0.3, -0.25) is 0 Å². The summed E-state index contributed by atoms with van der Waals surface area (Å²) in [5, 5.41) is 8.48. The summed E-state index contributed by atoms with van der Waals surface area (Å²) >= 11 is 0. The van der Waals surface area contributed by atoms with Crippen LogP contribution in [0.1, 0.15) is 25.7 Å². The average molecular weight is 158 g/mol. The van der Waals surface area contributed by atoms with Crippen molar-refractivity contribution < 1.29 is 14.3 Å². The summed E-state index contributed by atoms with van der Waals surface area (Å²) in [7, 11) is 0. The monoisotopic (exact) mass is 158 g/mol. The highest BCUT2D eigenvalue weighted by molar-refractivity contribution is 5.77. The zero-order valence-electron chi connectivity index (χ0n) is 6.27. The first-order valence-corrected chi connectivity index (χ1v) is 3.63. The lowest BCUT2D eigenvalue weighted by Gasteiger charge is -2.25. The van der Waals surface area contributed by atoms with Crippen LogP contribution in [0.5, 0.6) is 0 Å². The Morgan fingerprint density at radius 2 is 2.00 bits per heavy atom. The van der Waals surface area contributed by atoms with Gasteiger partial charge >= 0.3 is 5.97 Å². The first-order valence-electron chi connectivity index (χ1n) is 3.63. The molecule has 1 fully saturated rings. The summed E-state index contributed by atoms with van der Waals surface area (Å²) in [6.45, 7) is 3.68. The number of carboxylic acids is 1. The van der Waals surface area contributed by atoms with Gasteiger partial charge in [0.05, 0.1) is 0 Å². The molecule has 0 amide bonds. The molecule has 1 saturated carbocycles. The zero-order valence-corrected chi connectivity index (χ0v) is 6.27. The van der Waals surface area contributed by atoms with Gasteiger partial charge in [-0.1, -0.05) is 12.2 Å². The third-order valence-corrected chi connectivity index (χ3v) is 2.13. The summed E-state index contributed by atoms with van der Waals surface area (Å²) in [4.78, 5) is 10.4. The minimum Gasteiger partial charge on any atom is -0.479 e. The zero-order chi connectivity index (χ0) is 8.48. The second-order valence-corrected chi connectivity index (χ2v) is 3.02. The van der Waals surface area contributed by atoms with Crippen molar-refractivity contribution in [3.63, 3.8) is 0 Å². The molecule has 3 heteroatoms. The van der Waals surface area contributed by atoms with E-state index in [0.717, 1.165) is 5.57 Å². The molecule has 1 rings (SSSR count). The summed E-state index contributed by atoms with van der Waals surface area (Å²) in [6.07, 6.45) is 1.17. The number of hydrogen-bond acceptors (Lipinski definition) is 1. The highest BCUT2D eigenvalue weighted by Crippen LogP contribution is 2.33. The second-order valence-electron chi connectivity index (χ2n) is 3.02. The first kappa shape index (κ1) is 8.24. The molecule has 0 unspecified atom stereocenters. The van der Waals surface area contributed by atoms with Crippen molar-refractivity contribution in [1.29, 1.82) is 0 Å². The quantitative estimate of drug-likeness (QED) is 0.592. The maximum Gasteiger partial charge on any atom is 0.341 e. The maximum absolute atomic E-state index is 13.2. The molecule has 11 heavy (non-hydrogen) atoms. The van der Waals surface area contributed by atoms with Crippen molar-refractivity contribution in [2.24, 2.45) is 0 Å². The van der Waals surface area contributed by atoms with E-state index in [1.165, 1.54) is 0 Å². The summed E-state index contributed by atoms with van der Waals surface area (Å²) in [5.74, 6) is -1.33. The molecule has 2 nitrogen and oxygen atoms in total. The molecule has 0 bridgehead atoms. The molecule has 0 aromatic rings. The van der Waals surface area contributed by atoms with Gasteiger partial charge in [0.2, 0.25) is 5.67 Å². The Hall–Kier alpha value is -0.860. The molecule has 0 aromatic heterocycles. The largest absolute Gasteiger partial charge is 0.479 e. The smallest absolute Gasteiger partial charge is 0.341 e. The molecule has 0 radical (unpaired) electrons. The van der Waals surface area contributed by atoms with Crippen molar-refractivity contribution >= 4 is 5.97 Å². The van der Waals surface area contributed by atoms with E-state index >= 15 is 0 Å². The molecule has 0 heterocycles. The normalized spacial score (nSPS) is 23.2. The summed E-state index contributed by atoms with van der Waals surface area (Å²) in [6, 6.07) is 0. The third kappa shape index (κ3) is 1.59. The Bertz CT molecular complexity index is 188. The van der Waals surface area contributed by atoms with Crippen LogP contribution in [-0.4, -0.2) is 16.7 Å². The van der Waals surface area contributed by atoms with Crippen molar-refractivity contribution in [3.8, 4) is 0 Å². The number of alkyl halides is 1. The fourth-order valence-corrected chi connectivity index (χ4v) is 1.21. The average Bonchev–Trinajstić information content (AvgIpc) is 1.95. The van der Waals surface area contributed by atoms with Crippen LogP contribution in [0.15, 0.2) is 12.2 Å². The molecule has 1 aliphatic carbocycles. The standard InChI is InChI=1S/C8H11FO2/c1-6-2-4-8(9,5-3-6)7(10)11/h1-5H2,(H,10,11). The predicted molar refractivity (Wildman–Crippen MR) is 39.1 cm³/mol. The van der Waals surface area contributed by atoms with Crippen LogP contribution in [0.4, 0.5) is 4.39 Å². The van der Waals surface area contributed by atoms with Crippen LogP contribution >= 0.6 is 0 Å². The fourth-order valence-electron chi connectivity index (χ4n) is 1.21. The number of rotatable bonds is 1. The molecule has 1 aliphatic rings. The van der Waals surface area contributed by atoms with Crippen LogP contribution in [0.25, 0.3) is 0 Å². The van der Waals surface area contributed by atoms with Crippen LogP contribution in [0.2, 0.25) is 0 Å². The van der Waals surface area contributed by atoms with E-state index in [1.54, 1.807) is 0 Å². The van der Waals surface area contributed by atoms with E-state index in [4.69, 9.17) is 5.11 Å². The van der Waals surface area contributed by atoms with Crippen LogP contribution in [0, 0.1) is 0 Å². The topological polar surface area (TPSA) is 37.3 Å². The number of carbonyl (C=O) groups is 1. The van der Waals surface area contributed by atoms with Gasteiger partial charge in [0.1, 0.15) is 0 Å². The SMILES string of the molecule is C=C1CCC(F)(C(=O)O)CC1. The van der Waals surface area contributed by atoms with Gasteiger partial charge in [-0.05, 0) is 25.7 Å². The molecule has 0 atom stereocenters. The predicted octanol–water partition coefficient (Wildman–Crippen LogP) is 1.91. The van der Waals surface area contributed by atoms with E-state index in [-0.39, 0.29) is 12.8 Å². The second kappa shape index (κ2) is 2.64. The van der Waals surface area contributed by atoms with Crippen LogP contribution < -0.4 is 0 Å². The maximum atomic E-state index is 13.2. The summed E-state index contributed by atoms with van der Waals surface area (Å²) < 4.78 is 13.2. The molecule has 0 spiro atoms. The molecular formula is C8H11FO2. The Labute approximate surface area is 64.7 Å². The number of hydrogen-bond donors (Lipinski definition) is 1. The number of carboxylic acid groups (broad SMARTS) is 1. The van der Waals surface area contributed by atoms with E-state index < -0.39 is 11.6 Å². The number of allylic oxidation sites excluding steroid dienone is 1. The van der Waals surface area contributed by atoms with Crippen LogP contribution in [-0.2, 0) is 4.79 Å². The molecule has 62 valence electrons. The van der Waals surface area contributed by atoms with E-state index in [2.05, 4.69) is 6.58 Å². The van der Waals surface area contributed by atoms with Crippen molar-refractivity contribution in [3.05, 3.63) is 12.2 Å². The lowest BCUT2D eigenvalue weighted by atomic mass is 9.84. The van der Waals surface area contributed by atoms with Gasteiger partial charge in [-0.25, -0.2) is 9.18 Å². The van der Waals surface area contributed by atoms with Gasteiger partial charge in [0.15, 0.2) is 0 Å². The van der Waals surface area contributed by atoms with Gasteiger partial charge < -0.3 is 5.11 Å². The Morgan fingerprint density at radius 1 is 1.55 bits per heavy atom. The Kier molecular flexibility index (Phi) is 1.98. The third-order valence-electron chi connectivity index (χ3n) is 2.13. The van der Waals surface area contributed by atoms with E-state index in [9.17, 15) is 9.18 Å². The van der Waals surface area contributed by atoms with Crippen molar-refractivity contribution in [2.45, 2.75) is 31.4 Å². The molecule has 0 aliphatic heterocycles. The van der Waals surface area contributed by atoms with Crippen LogP contribution in [0.3, 0.4) is 0 Å². The van der Waals surface area contributed by atoms with Crippen molar-refractivity contribution in [1.82, 2.24) is 0 Å². The lowest BCUT2D eigenvalue weighted by Crippen LogP contribution is -2.35. The van der Waals surface area contributed by atoms with Gasteiger partial charge in [0, 0.05) is 0 Å². The van der Waals surface area contributed by atoms with Gasteiger partial charge in [-0.2, -0.15) is 0 Å². The minimum atomic E-state index is -1.98. The molecule has 0 saturated heterocycles. The lowest BCUT2D eigenvalue weighted by molar-refractivity contribution is -0.152. The molecule has 0 aromatic carbocycles. The first-order chi connectivity index (χ1) is 5.04. The number of halogens is 1. The van der Waals surface area contributed by atoms with Crippen molar-refractivity contribution in [2.75, 3.05) is 0 Å². The number of aliphatic carboxylic acids is 1. The Morgan fingerprint density at radius 3 is 2.36 bits per heavy atom. The van der Waals surface area contributed by atoms with Gasteiger partial charge in [0.25, 0.3) is 0 Å². The fraction of sp³-hybridized carbons (Fsp3) is 0.625. The summed E-state index contributed by atoms with van der Waals surface area (Å²) in [5.41, 5.74) is -1.03. The van der Waals surface area contributed by atoms with E-state index in [1.807, 2.05) is 0 Å². The highest BCUT2D eigenvalue weighted by atomic mass is 19.1. The molecule has 1 N–H and O–H groups in total. The molecular weight excluding hydrogens is 147 g/mol. The minimum absolute atomic E-state index is 0.0845. The highest BCUT2D eigenvalue weighted by Gasteiger charge is 2.40. The van der Waals surface area contributed by atoms with E-state index in [0.29, 0.717) is 12.8 Å². The Balaban J connectivity index is 2.62.